The number of phenolic OH excluding ortho intramolecular Hbond substituents is 2. The van der Waals surface area contributed by atoms with E-state index in [2.05, 4.69) is 0 Å². The topological polar surface area (TPSA) is 40.5 Å². The summed E-state index contributed by atoms with van der Waals surface area (Å²) in [6.45, 7) is 0. The summed E-state index contributed by atoms with van der Waals surface area (Å²) < 4.78 is 49.2. The largest absolute Gasteiger partial charge is 0.508 e. The SMILES string of the molecule is [2H]C1([2H])CC(c2ccc(O)cc2)(c2ccc(O)cc2)CC([2H])([2H])C1([2H])[2H]. The molecule has 0 aromatic heterocycles. The molecule has 0 unspecified atom stereocenters. The van der Waals surface area contributed by atoms with Crippen molar-refractivity contribution in [1.82, 2.24) is 0 Å². The van der Waals surface area contributed by atoms with Crippen LogP contribution in [0, 0.1) is 0 Å². The minimum atomic E-state index is -2.66. The maximum atomic E-state index is 9.59. The average molecular weight is 274 g/mol. The van der Waals surface area contributed by atoms with E-state index in [0.29, 0.717) is 11.1 Å². The van der Waals surface area contributed by atoms with E-state index >= 15 is 0 Å². The van der Waals surface area contributed by atoms with E-state index in [9.17, 15) is 10.2 Å². The number of rotatable bonds is 2. The smallest absolute Gasteiger partial charge is 0.115 e. The number of aromatic hydroxyl groups is 2. The Balaban J connectivity index is 2.25. The molecular formula is C18H20O2. The highest BCUT2D eigenvalue weighted by molar-refractivity contribution is 5.43. The minimum Gasteiger partial charge on any atom is -0.508 e. The Morgan fingerprint density at radius 1 is 0.700 bits per heavy atom. The van der Waals surface area contributed by atoms with Gasteiger partial charge in [0.05, 0.1) is 0 Å². The molecule has 2 nitrogen and oxygen atoms in total. The lowest BCUT2D eigenvalue weighted by molar-refractivity contribution is 0.345. The van der Waals surface area contributed by atoms with Crippen LogP contribution >= 0.6 is 0 Å². The van der Waals surface area contributed by atoms with Gasteiger partial charge in [-0.15, -0.1) is 0 Å². The third kappa shape index (κ3) is 2.26. The molecule has 2 aromatic rings. The molecule has 1 saturated carbocycles. The highest BCUT2D eigenvalue weighted by Gasteiger charge is 2.35. The summed E-state index contributed by atoms with van der Waals surface area (Å²) in [7, 11) is 0. The van der Waals surface area contributed by atoms with Crippen LogP contribution in [-0.4, -0.2) is 10.2 Å². The lowest BCUT2D eigenvalue weighted by atomic mass is 9.65. The van der Waals surface area contributed by atoms with Crippen LogP contribution in [0.5, 0.6) is 11.5 Å². The summed E-state index contributed by atoms with van der Waals surface area (Å²) >= 11 is 0. The summed E-state index contributed by atoms with van der Waals surface area (Å²) in [4.78, 5) is 0. The van der Waals surface area contributed by atoms with Crippen LogP contribution in [0.2, 0.25) is 0 Å². The van der Waals surface area contributed by atoms with E-state index in [1.165, 1.54) is 24.3 Å². The second-order valence-electron chi connectivity index (χ2n) is 5.01. The Bertz CT molecular complexity index is 732. The third-order valence-electron chi connectivity index (χ3n) is 3.80. The number of hydrogen-bond acceptors (Lipinski definition) is 2. The molecule has 0 atom stereocenters. The molecule has 1 fully saturated rings. The van der Waals surface area contributed by atoms with E-state index in [4.69, 9.17) is 8.22 Å². The molecule has 2 heteroatoms. The number of benzene rings is 2. The van der Waals surface area contributed by atoms with Crippen LogP contribution < -0.4 is 0 Å². The lowest BCUT2D eigenvalue weighted by Gasteiger charge is -2.38. The van der Waals surface area contributed by atoms with E-state index in [-0.39, 0.29) is 24.3 Å². The summed E-state index contributed by atoms with van der Waals surface area (Å²) in [5.41, 5.74) is 0.0356. The first-order valence-corrected chi connectivity index (χ1v) is 6.50. The van der Waals surface area contributed by atoms with E-state index in [1.54, 1.807) is 24.3 Å². The van der Waals surface area contributed by atoms with Crippen molar-refractivity contribution in [3.8, 4) is 11.5 Å². The Labute approximate surface area is 128 Å². The maximum Gasteiger partial charge on any atom is 0.115 e. The molecule has 104 valence electrons. The highest BCUT2D eigenvalue weighted by atomic mass is 16.3. The molecule has 0 amide bonds. The molecule has 0 aliphatic heterocycles. The van der Waals surface area contributed by atoms with Crippen molar-refractivity contribution in [3.63, 3.8) is 0 Å². The molecule has 2 N–H and O–H groups in total. The zero-order chi connectivity index (χ0) is 19.4. The first kappa shape index (κ1) is 7.72. The predicted octanol–water partition coefficient (Wildman–Crippen LogP) is 4.35. The van der Waals surface area contributed by atoms with Gasteiger partial charge in [0.1, 0.15) is 11.5 Å². The van der Waals surface area contributed by atoms with Gasteiger partial charge in [0.2, 0.25) is 0 Å². The summed E-state index contributed by atoms with van der Waals surface area (Å²) in [6, 6.07) is 12.2. The van der Waals surface area contributed by atoms with E-state index in [0.717, 1.165) is 0 Å². The Morgan fingerprint density at radius 3 is 1.50 bits per heavy atom. The summed E-state index contributed by atoms with van der Waals surface area (Å²) in [6.07, 6.45) is -8.03. The molecule has 1 aliphatic carbocycles. The Hall–Kier alpha value is -1.96. The van der Waals surface area contributed by atoms with Gasteiger partial charge in [-0.05, 0) is 48.2 Å². The number of hydrogen-bond donors (Lipinski definition) is 2. The summed E-state index contributed by atoms with van der Waals surface area (Å²) in [5.74, 6) is 0.0681. The molecular weight excluding hydrogens is 248 g/mol. The van der Waals surface area contributed by atoms with Crippen LogP contribution in [0.1, 0.15) is 51.3 Å². The average Bonchev–Trinajstić information content (AvgIpc) is 2.53. The fraction of sp³-hybridized carbons (Fsp3) is 0.333. The number of phenols is 2. The molecule has 0 spiro atoms. The zero-order valence-corrected chi connectivity index (χ0v) is 10.9. The van der Waals surface area contributed by atoms with Gasteiger partial charge in [-0.3, -0.25) is 0 Å². The molecule has 2 aromatic carbocycles. The van der Waals surface area contributed by atoms with Gasteiger partial charge in [-0.1, -0.05) is 43.4 Å². The van der Waals surface area contributed by atoms with Crippen molar-refractivity contribution in [2.75, 3.05) is 0 Å². The highest BCUT2D eigenvalue weighted by Crippen LogP contribution is 2.45. The molecule has 0 saturated heterocycles. The monoisotopic (exact) mass is 274 g/mol. The second kappa shape index (κ2) is 5.20. The van der Waals surface area contributed by atoms with Crippen molar-refractivity contribution in [3.05, 3.63) is 59.7 Å². The quantitative estimate of drug-likeness (QED) is 0.854. The van der Waals surface area contributed by atoms with Gasteiger partial charge in [-0.2, -0.15) is 0 Å². The molecule has 0 heterocycles. The second-order valence-corrected chi connectivity index (χ2v) is 5.01. The molecule has 0 radical (unpaired) electrons. The first-order chi connectivity index (χ1) is 11.9. The fourth-order valence-corrected chi connectivity index (χ4v) is 2.65. The first-order valence-electron chi connectivity index (χ1n) is 9.50. The van der Waals surface area contributed by atoms with Gasteiger partial charge >= 0.3 is 0 Å². The van der Waals surface area contributed by atoms with Crippen molar-refractivity contribution in [2.45, 2.75) is 37.4 Å². The summed E-state index contributed by atoms with van der Waals surface area (Å²) in [5, 5.41) is 19.2. The van der Waals surface area contributed by atoms with Crippen LogP contribution in [0.15, 0.2) is 48.5 Å². The minimum absolute atomic E-state index is 0.0340. The van der Waals surface area contributed by atoms with E-state index < -0.39 is 24.5 Å². The van der Waals surface area contributed by atoms with Gasteiger partial charge in [0.15, 0.2) is 0 Å². The predicted molar refractivity (Wildman–Crippen MR) is 80.1 cm³/mol. The van der Waals surface area contributed by atoms with Gasteiger partial charge < -0.3 is 10.2 Å². The van der Waals surface area contributed by atoms with Crippen LogP contribution in [0.4, 0.5) is 0 Å². The van der Waals surface area contributed by atoms with E-state index in [1.807, 2.05) is 0 Å². The van der Waals surface area contributed by atoms with Crippen molar-refractivity contribution < 1.29 is 18.4 Å². The molecule has 0 bridgehead atoms. The van der Waals surface area contributed by atoms with Gasteiger partial charge in [0, 0.05) is 13.6 Å². The van der Waals surface area contributed by atoms with Crippen molar-refractivity contribution in [1.29, 1.82) is 0 Å². The zero-order valence-electron chi connectivity index (χ0n) is 16.9. The Kier molecular flexibility index (Phi) is 2.01. The lowest BCUT2D eigenvalue weighted by Crippen LogP contribution is -2.30. The maximum absolute atomic E-state index is 9.59. The van der Waals surface area contributed by atoms with Crippen LogP contribution in [-0.2, 0) is 5.41 Å². The fourth-order valence-electron chi connectivity index (χ4n) is 2.65. The molecule has 3 rings (SSSR count). The van der Waals surface area contributed by atoms with Crippen LogP contribution in [0.25, 0.3) is 0 Å². The Morgan fingerprint density at radius 2 is 1.10 bits per heavy atom. The van der Waals surface area contributed by atoms with Crippen LogP contribution in [0.3, 0.4) is 0 Å². The third-order valence-corrected chi connectivity index (χ3v) is 3.80. The normalized spacial score (nSPS) is 29.8. The standard InChI is InChI=1S/C18H20O2/c19-16-8-4-14(5-9-16)18(12-2-1-3-13-18)15-6-10-17(20)11-7-15/h4-11,19-20H,1-3,12-13H2/i1D2,2D2,3D2. The van der Waals surface area contributed by atoms with Gasteiger partial charge in [-0.25, -0.2) is 0 Å². The molecule has 1 aliphatic rings. The van der Waals surface area contributed by atoms with Crippen molar-refractivity contribution in [2.24, 2.45) is 0 Å². The molecule has 20 heavy (non-hydrogen) atoms. The van der Waals surface area contributed by atoms with Crippen molar-refractivity contribution >= 4 is 0 Å². The van der Waals surface area contributed by atoms with Gasteiger partial charge in [0.25, 0.3) is 0 Å².